The molecule has 1 aromatic carbocycles. The molecule has 0 spiro atoms. The lowest BCUT2D eigenvalue weighted by Crippen LogP contribution is -2.34. The van der Waals surface area contributed by atoms with Crippen LogP contribution in [0.1, 0.15) is 12.5 Å². The Kier molecular flexibility index (Phi) is 5.62. The highest BCUT2D eigenvalue weighted by Gasteiger charge is 2.14. The summed E-state index contributed by atoms with van der Waals surface area (Å²) >= 11 is 0. The maximum absolute atomic E-state index is 10.6. The van der Waals surface area contributed by atoms with Gasteiger partial charge >= 0.3 is 5.69 Å². The summed E-state index contributed by atoms with van der Waals surface area (Å²) in [6.45, 7) is 4.32. The van der Waals surface area contributed by atoms with E-state index in [1.54, 1.807) is 0 Å². The first kappa shape index (κ1) is 16.1. The van der Waals surface area contributed by atoms with Gasteiger partial charge in [0.05, 0.1) is 17.6 Å². The van der Waals surface area contributed by atoms with Gasteiger partial charge < -0.3 is 5.11 Å². The van der Waals surface area contributed by atoms with Crippen molar-refractivity contribution in [3.8, 4) is 0 Å². The first-order valence-corrected chi connectivity index (χ1v) is 7.19. The van der Waals surface area contributed by atoms with Gasteiger partial charge in [-0.2, -0.15) is 5.10 Å². The second kappa shape index (κ2) is 7.67. The minimum absolute atomic E-state index is 0.0659. The molecule has 0 bridgehead atoms. The van der Waals surface area contributed by atoms with Gasteiger partial charge in [0.2, 0.25) is 0 Å². The molecule has 22 heavy (non-hydrogen) atoms. The highest BCUT2D eigenvalue weighted by molar-refractivity contribution is 5.20. The van der Waals surface area contributed by atoms with E-state index in [2.05, 4.69) is 10.00 Å². The number of likely N-dealkylation sites (N-methyl/N-ethyl adjacent to an activating group) is 1. The van der Waals surface area contributed by atoms with Crippen LogP contribution in [0, 0.1) is 10.1 Å². The fourth-order valence-electron chi connectivity index (χ4n) is 2.27. The molecule has 0 amide bonds. The number of aromatic nitrogens is 2. The predicted octanol–water partition coefficient (Wildman–Crippen LogP) is 1.67. The Morgan fingerprint density at radius 3 is 2.73 bits per heavy atom. The largest absolute Gasteiger partial charge is 0.390 e. The normalized spacial score (nSPS) is 12.5. The number of nitro groups is 1. The van der Waals surface area contributed by atoms with Crippen molar-refractivity contribution < 1.29 is 10.0 Å². The van der Waals surface area contributed by atoms with Crippen molar-refractivity contribution >= 4 is 5.69 Å². The van der Waals surface area contributed by atoms with E-state index in [9.17, 15) is 15.2 Å². The Bertz CT molecular complexity index is 600. The topological polar surface area (TPSA) is 84.4 Å². The number of benzene rings is 1. The fraction of sp³-hybridized carbons (Fsp3) is 0.400. The van der Waals surface area contributed by atoms with Gasteiger partial charge in [-0.1, -0.05) is 37.3 Å². The lowest BCUT2D eigenvalue weighted by molar-refractivity contribution is -0.385. The Morgan fingerprint density at radius 1 is 1.41 bits per heavy atom. The molecule has 7 nitrogen and oxygen atoms in total. The van der Waals surface area contributed by atoms with E-state index in [-0.39, 0.29) is 12.2 Å². The second-order valence-electron chi connectivity index (χ2n) is 5.14. The Hall–Kier alpha value is -2.25. The number of hydrogen-bond acceptors (Lipinski definition) is 5. The standard InChI is InChI=1S/C15H20N4O3/c1-2-17(9-13-6-4-3-5-7-13)11-15(20)12-18-10-14(8-16-18)19(21)22/h3-8,10,15,20H,2,9,11-12H2,1H3. The number of aliphatic hydroxyl groups excluding tert-OH is 1. The van der Waals surface area contributed by atoms with Gasteiger partial charge in [-0.3, -0.25) is 19.7 Å². The number of rotatable bonds is 8. The van der Waals surface area contributed by atoms with E-state index in [4.69, 9.17) is 0 Å². The van der Waals surface area contributed by atoms with Crippen LogP contribution in [0.15, 0.2) is 42.7 Å². The molecule has 1 unspecified atom stereocenters. The number of hydrogen-bond donors (Lipinski definition) is 1. The van der Waals surface area contributed by atoms with Gasteiger partial charge in [0, 0.05) is 13.1 Å². The zero-order valence-corrected chi connectivity index (χ0v) is 12.5. The van der Waals surface area contributed by atoms with E-state index < -0.39 is 11.0 Å². The Balaban J connectivity index is 1.88. The molecule has 0 radical (unpaired) electrons. The summed E-state index contributed by atoms with van der Waals surface area (Å²) in [5.41, 5.74) is 1.12. The minimum atomic E-state index is -0.636. The van der Waals surface area contributed by atoms with Crippen LogP contribution in [0.25, 0.3) is 0 Å². The third kappa shape index (κ3) is 4.64. The van der Waals surface area contributed by atoms with Crippen LogP contribution in [0.3, 0.4) is 0 Å². The van der Waals surface area contributed by atoms with Crippen molar-refractivity contribution in [1.29, 1.82) is 0 Å². The van der Waals surface area contributed by atoms with Crippen LogP contribution in [0.4, 0.5) is 5.69 Å². The molecule has 2 aromatic rings. The summed E-state index contributed by atoms with van der Waals surface area (Å²) in [5, 5.41) is 24.7. The molecule has 0 saturated carbocycles. The van der Waals surface area contributed by atoms with Gasteiger partial charge in [0.1, 0.15) is 12.4 Å². The van der Waals surface area contributed by atoms with E-state index in [1.807, 2.05) is 37.3 Å². The van der Waals surface area contributed by atoms with Gasteiger partial charge in [-0.25, -0.2) is 0 Å². The number of nitrogens with zero attached hydrogens (tertiary/aromatic N) is 4. The van der Waals surface area contributed by atoms with Crippen molar-refractivity contribution in [2.45, 2.75) is 26.1 Å². The predicted molar refractivity (Wildman–Crippen MR) is 82.3 cm³/mol. The highest BCUT2D eigenvalue weighted by atomic mass is 16.6. The Labute approximate surface area is 128 Å². The number of aliphatic hydroxyl groups is 1. The van der Waals surface area contributed by atoms with Crippen LogP contribution in [0.5, 0.6) is 0 Å². The lowest BCUT2D eigenvalue weighted by Gasteiger charge is -2.23. The molecule has 1 heterocycles. The third-order valence-electron chi connectivity index (χ3n) is 3.39. The molecule has 1 aromatic heterocycles. The zero-order valence-electron chi connectivity index (χ0n) is 12.5. The van der Waals surface area contributed by atoms with E-state index in [0.29, 0.717) is 6.54 Å². The Morgan fingerprint density at radius 2 is 2.14 bits per heavy atom. The van der Waals surface area contributed by atoms with Crippen molar-refractivity contribution in [2.75, 3.05) is 13.1 Å². The summed E-state index contributed by atoms with van der Waals surface area (Å²) < 4.78 is 1.40. The molecule has 2 rings (SSSR count). The molecule has 7 heteroatoms. The zero-order chi connectivity index (χ0) is 15.9. The maximum Gasteiger partial charge on any atom is 0.306 e. The molecule has 0 fully saturated rings. The second-order valence-corrected chi connectivity index (χ2v) is 5.14. The van der Waals surface area contributed by atoms with Crippen LogP contribution in [-0.2, 0) is 13.1 Å². The average Bonchev–Trinajstić information content (AvgIpc) is 2.96. The van der Waals surface area contributed by atoms with Crippen molar-refractivity contribution in [3.05, 3.63) is 58.4 Å². The molecule has 0 aliphatic rings. The summed E-state index contributed by atoms with van der Waals surface area (Å²) in [4.78, 5) is 12.2. The lowest BCUT2D eigenvalue weighted by atomic mass is 10.2. The van der Waals surface area contributed by atoms with Crippen molar-refractivity contribution in [1.82, 2.24) is 14.7 Å². The van der Waals surface area contributed by atoms with Gasteiger partial charge in [0.15, 0.2) is 0 Å². The quantitative estimate of drug-likeness (QED) is 0.592. The van der Waals surface area contributed by atoms with Gasteiger partial charge in [0.25, 0.3) is 0 Å². The molecular formula is C15H20N4O3. The molecule has 1 atom stereocenters. The maximum atomic E-state index is 10.6. The van der Waals surface area contributed by atoms with Gasteiger partial charge in [-0.15, -0.1) is 0 Å². The van der Waals surface area contributed by atoms with Gasteiger partial charge in [-0.05, 0) is 12.1 Å². The molecule has 0 saturated heterocycles. The highest BCUT2D eigenvalue weighted by Crippen LogP contribution is 2.09. The summed E-state index contributed by atoms with van der Waals surface area (Å²) in [5.74, 6) is 0. The van der Waals surface area contributed by atoms with Crippen LogP contribution in [0.2, 0.25) is 0 Å². The van der Waals surface area contributed by atoms with E-state index in [0.717, 1.165) is 13.1 Å². The monoisotopic (exact) mass is 304 g/mol. The first-order valence-electron chi connectivity index (χ1n) is 7.19. The smallest absolute Gasteiger partial charge is 0.306 e. The summed E-state index contributed by atoms with van der Waals surface area (Å²) in [6, 6.07) is 10.0. The molecule has 0 aliphatic heterocycles. The molecule has 1 N–H and O–H groups in total. The third-order valence-corrected chi connectivity index (χ3v) is 3.39. The molecular weight excluding hydrogens is 284 g/mol. The SMILES string of the molecule is CCN(Cc1ccccc1)CC(O)Cn1cc([N+](=O)[O-])cn1. The molecule has 0 aliphatic carbocycles. The summed E-state index contributed by atoms with van der Waals surface area (Å²) in [6.07, 6.45) is 1.88. The fourth-order valence-corrected chi connectivity index (χ4v) is 2.27. The van der Waals surface area contributed by atoms with Crippen LogP contribution < -0.4 is 0 Å². The minimum Gasteiger partial charge on any atom is -0.390 e. The van der Waals surface area contributed by atoms with Crippen LogP contribution in [-0.4, -0.2) is 43.9 Å². The summed E-state index contributed by atoms with van der Waals surface area (Å²) in [7, 11) is 0. The average molecular weight is 304 g/mol. The molecule has 118 valence electrons. The first-order chi connectivity index (χ1) is 10.6. The van der Waals surface area contributed by atoms with E-state index >= 15 is 0 Å². The van der Waals surface area contributed by atoms with E-state index in [1.165, 1.54) is 22.6 Å². The van der Waals surface area contributed by atoms with Crippen molar-refractivity contribution in [3.63, 3.8) is 0 Å². The van der Waals surface area contributed by atoms with Crippen LogP contribution >= 0.6 is 0 Å². The van der Waals surface area contributed by atoms with Crippen molar-refractivity contribution in [2.24, 2.45) is 0 Å².